The Morgan fingerprint density at radius 1 is 1.62 bits per heavy atom. The smallest absolute Gasteiger partial charge is 0.356 e. The fraction of sp³-hybridized carbons (Fsp3) is 0.286. The van der Waals surface area contributed by atoms with Gasteiger partial charge in [-0.2, -0.15) is 0 Å². The molecule has 1 aromatic rings. The van der Waals surface area contributed by atoms with Crippen LogP contribution < -0.4 is 10.6 Å². The van der Waals surface area contributed by atoms with Gasteiger partial charge in [0.15, 0.2) is 5.69 Å². The van der Waals surface area contributed by atoms with Crippen molar-refractivity contribution in [2.75, 3.05) is 12.0 Å². The van der Waals surface area contributed by atoms with E-state index >= 15 is 0 Å². The van der Waals surface area contributed by atoms with Crippen molar-refractivity contribution in [1.82, 2.24) is 15.3 Å². The molecule has 0 fully saturated rings. The molecule has 0 unspecified atom stereocenters. The molecule has 0 aliphatic carbocycles. The van der Waals surface area contributed by atoms with Crippen molar-refractivity contribution in [2.24, 2.45) is 0 Å². The standard InChI is InChI=1S/C7H8N4O2/c12-7(13)5-2-9-6-4(11-5)1-8-3-10-6/h2,8H,1,3H2,(H,9,10)(H,12,13). The molecule has 6 nitrogen and oxygen atoms in total. The number of carbonyl (C=O) groups is 1. The van der Waals surface area contributed by atoms with Crippen molar-refractivity contribution in [3.8, 4) is 0 Å². The first-order chi connectivity index (χ1) is 6.27. The highest BCUT2D eigenvalue weighted by molar-refractivity contribution is 5.85. The van der Waals surface area contributed by atoms with E-state index in [-0.39, 0.29) is 5.69 Å². The molecule has 1 aliphatic rings. The van der Waals surface area contributed by atoms with Gasteiger partial charge in [0.1, 0.15) is 5.82 Å². The van der Waals surface area contributed by atoms with E-state index < -0.39 is 5.97 Å². The Kier molecular flexibility index (Phi) is 1.82. The maximum atomic E-state index is 10.5. The van der Waals surface area contributed by atoms with Crippen LogP contribution in [0.3, 0.4) is 0 Å². The van der Waals surface area contributed by atoms with E-state index in [2.05, 4.69) is 20.6 Å². The summed E-state index contributed by atoms with van der Waals surface area (Å²) in [5, 5.41) is 14.6. The summed E-state index contributed by atoms with van der Waals surface area (Å²) in [5.74, 6) is -0.398. The maximum absolute atomic E-state index is 10.5. The van der Waals surface area contributed by atoms with Gasteiger partial charge in [-0.25, -0.2) is 14.8 Å². The summed E-state index contributed by atoms with van der Waals surface area (Å²) in [6.07, 6.45) is 1.25. The van der Waals surface area contributed by atoms with Gasteiger partial charge in [-0.05, 0) is 0 Å². The highest BCUT2D eigenvalue weighted by Crippen LogP contribution is 2.12. The van der Waals surface area contributed by atoms with Gasteiger partial charge < -0.3 is 10.4 Å². The van der Waals surface area contributed by atoms with Crippen LogP contribution in [-0.4, -0.2) is 27.7 Å². The van der Waals surface area contributed by atoms with Crippen LogP contribution in [0.2, 0.25) is 0 Å². The summed E-state index contributed by atoms with van der Waals surface area (Å²) < 4.78 is 0. The first kappa shape index (κ1) is 7.93. The Morgan fingerprint density at radius 3 is 3.23 bits per heavy atom. The second-order valence-corrected chi connectivity index (χ2v) is 2.64. The predicted octanol–water partition coefficient (Wildman–Crippen LogP) is -0.353. The number of anilines is 1. The molecule has 6 heteroatoms. The van der Waals surface area contributed by atoms with Gasteiger partial charge in [-0.15, -0.1) is 0 Å². The summed E-state index contributed by atoms with van der Waals surface area (Å²) in [5.41, 5.74) is 0.621. The van der Waals surface area contributed by atoms with E-state index in [1.165, 1.54) is 6.20 Å². The first-order valence-electron chi connectivity index (χ1n) is 3.81. The molecule has 2 heterocycles. The molecule has 3 N–H and O–H groups in total. The number of carboxylic acids is 1. The quantitative estimate of drug-likeness (QED) is 0.547. The minimum atomic E-state index is -1.05. The number of hydrogen-bond acceptors (Lipinski definition) is 5. The molecule has 0 bridgehead atoms. The SMILES string of the molecule is O=C(O)c1cnc2c(n1)CNCN2. The van der Waals surface area contributed by atoms with Crippen LogP contribution in [-0.2, 0) is 6.54 Å². The lowest BCUT2D eigenvalue weighted by molar-refractivity contribution is 0.0689. The number of hydrogen-bond donors (Lipinski definition) is 3. The third-order valence-electron chi connectivity index (χ3n) is 1.74. The molecule has 2 rings (SSSR count). The summed E-state index contributed by atoms with van der Waals surface area (Å²) in [4.78, 5) is 18.4. The molecule has 0 amide bonds. The maximum Gasteiger partial charge on any atom is 0.356 e. The third-order valence-corrected chi connectivity index (χ3v) is 1.74. The molecular weight excluding hydrogens is 172 g/mol. The van der Waals surface area contributed by atoms with Crippen molar-refractivity contribution >= 4 is 11.8 Å². The Morgan fingerprint density at radius 2 is 2.46 bits per heavy atom. The van der Waals surface area contributed by atoms with Crippen molar-refractivity contribution in [1.29, 1.82) is 0 Å². The number of nitrogens with zero attached hydrogens (tertiary/aromatic N) is 2. The Labute approximate surface area is 74.0 Å². The van der Waals surface area contributed by atoms with Crippen LogP contribution in [0.15, 0.2) is 6.20 Å². The fourth-order valence-corrected chi connectivity index (χ4v) is 1.13. The van der Waals surface area contributed by atoms with Gasteiger partial charge in [0.05, 0.1) is 18.6 Å². The number of fused-ring (bicyclic) bond motifs is 1. The topological polar surface area (TPSA) is 87.1 Å². The summed E-state index contributed by atoms with van der Waals surface area (Å²) in [7, 11) is 0. The average Bonchev–Trinajstić information content (AvgIpc) is 2.17. The zero-order valence-electron chi connectivity index (χ0n) is 6.74. The van der Waals surface area contributed by atoms with E-state index in [4.69, 9.17) is 5.11 Å². The van der Waals surface area contributed by atoms with Gasteiger partial charge in [0.2, 0.25) is 0 Å². The van der Waals surface area contributed by atoms with Crippen LogP contribution >= 0.6 is 0 Å². The third kappa shape index (κ3) is 1.43. The molecule has 1 aromatic heterocycles. The lowest BCUT2D eigenvalue weighted by Gasteiger charge is -2.16. The van der Waals surface area contributed by atoms with Crippen LogP contribution in [0.5, 0.6) is 0 Å². The number of aromatic carboxylic acids is 1. The fourth-order valence-electron chi connectivity index (χ4n) is 1.13. The second-order valence-electron chi connectivity index (χ2n) is 2.64. The van der Waals surface area contributed by atoms with Gasteiger partial charge in [0.25, 0.3) is 0 Å². The predicted molar refractivity (Wildman–Crippen MR) is 44.3 cm³/mol. The summed E-state index contributed by atoms with van der Waals surface area (Å²) in [6, 6.07) is 0. The lowest BCUT2D eigenvalue weighted by atomic mass is 10.3. The van der Waals surface area contributed by atoms with Gasteiger partial charge >= 0.3 is 5.97 Å². The van der Waals surface area contributed by atoms with Crippen molar-refractivity contribution in [3.05, 3.63) is 17.6 Å². The van der Waals surface area contributed by atoms with E-state index in [1.54, 1.807) is 0 Å². The summed E-state index contributed by atoms with van der Waals surface area (Å²) >= 11 is 0. The number of rotatable bonds is 1. The number of carboxylic acid groups (broad SMARTS) is 1. The number of nitrogens with one attached hydrogen (secondary N) is 2. The second kappa shape index (κ2) is 2.98. The summed E-state index contributed by atoms with van der Waals surface area (Å²) in [6.45, 7) is 1.19. The van der Waals surface area contributed by atoms with Crippen molar-refractivity contribution < 1.29 is 9.90 Å². The monoisotopic (exact) mass is 180 g/mol. The lowest BCUT2D eigenvalue weighted by Crippen LogP contribution is -2.29. The van der Waals surface area contributed by atoms with E-state index in [0.29, 0.717) is 24.7 Å². The molecule has 0 atom stereocenters. The zero-order chi connectivity index (χ0) is 9.26. The van der Waals surface area contributed by atoms with Crippen molar-refractivity contribution in [3.63, 3.8) is 0 Å². The van der Waals surface area contributed by atoms with E-state index in [0.717, 1.165) is 0 Å². The first-order valence-corrected chi connectivity index (χ1v) is 3.81. The molecule has 0 saturated carbocycles. The van der Waals surface area contributed by atoms with E-state index in [1.807, 2.05) is 0 Å². The Bertz CT molecular complexity index is 352. The van der Waals surface area contributed by atoms with Gasteiger partial charge in [-0.1, -0.05) is 0 Å². The van der Waals surface area contributed by atoms with Crippen LogP contribution in [0.1, 0.15) is 16.2 Å². The van der Waals surface area contributed by atoms with E-state index in [9.17, 15) is 4.79 Å². The normalized spacial score (nSPS) is 14.5. The van der Waals surface area contributed by atoms with Gasteiger partial charge in [0, 0.05) is 6.54 Å². The van der Waals surface area contributed by atoms with Crippen LogP contribution in [0, 0.1) is 0 Å². The van der Waals surface area contributed by atoms with Crippen molar-refractivity contribution in [2.45, 2.75) is 6.54 Å². The molecule has 0 saturated heterocycles. The molecule has 0 spiro atoms. The highest BCUT2D eigenvalue weighted by atomic mass is 16.4. The molecule has 13 heavy (non-hydrogen) atoms. The molecule has 1 aliphatic heterocycles. The minimum absolute atomic E-state index is 0.0238. The zero-order valence-corrected chi connectivity index (χ0v) is 6.74. The molecular formula is C7H8N4O2. The minimum Gasteiger partial charge on any atom is -0.476 e. The number of aromatic nitrogens is 2. The Hall–Kier alpha value is -1.69. The van der Waals surface area contributed by atoms with Crippen LogP contribution in [0.25, 0.3) is 0 Å². The molecule has 0 aromatic carbocycles. The molecule has 0 radical (unpaired) electrons. The van der Waals surface area contributed by atoms with Crippen LogP contribution in [0.4, 0.5) is 5.82 Å². The Balaban J connectivity index is 2.40. The largest absolute Gasteiger partial charge is 0.476 e. The molecule has 68 valence electrons. The van der Waals surface area contributed by atoms with Gasteiger partial charge in [-0.3, -0.25) is 5.32 Å². The highest BCUT2D eigenvalue weighted by Gasteiger charge is 2.13. The average molecular weight is 180 g/mol.